The number of rotatable bonds is 51. The summed E-state index contributed by atoms with van der Waals surface area (Å²) in [7, 11) is -4.75. The van der Waals surface area contributed by atoms with Crippen molar-refractivity contribution in [3.63, 3.8) is 0 Å². The third kappa shape index (κ3) is 49.9. The van der Waals surface area contributed by atoms with Crippen molar-refractivity contribution >= 4 is 25.7 Å². The van der Waals surface area contributed by atoms with Crippen molar-refractivity contribution in [2.75, 3.05) is 26.4 Å². The van der Waals surface area contributed by atoms with Gasteiger partial charge in [0.1, 0.15) is 12.7 Å². The second-order valence-electron chi connectivity index (χ2n) is 18.4. The number of phosphoric acid groups is 1. The zero-order valence-corrected chi connectivity index (χ0v) is 45.4. The molecule has 70 heavy (non-hydrogen) atoms. The molecule has 0 saturated heterocycles. The summed E-state index contributed by atoms with van der Waals surface area (Å²) in [6.45, 7) is 4.44. The van der Waals surface area contributed by atoms with Gasteiger partial charge in [-0.25, -0.2) is 4.57 Å². The number of carbonyl (C=O) groups is 3. The molecule has 3 atom stereocenters. The highest BCUT2D eigenvalue weighted by atomic mass is 31.2. The Kier molecular flexibility index (Phi) is 50.0. The van der Waals surface area contributed by atoms with Crippen molar-refractivity contribution in [3.8, 4) is 0 Å². The monoisotopic (exact) mass is 1000 g/mol. The van der Waals surface area contributed by atoms with Crippen molar-refractivity contribution in [1.82, 2.24) is 0 Å². The first-order valence-electron chi connectivity index (χ1n) is 27.8. The van der Waals surface area contributed by atoms with Gasteiger partial charge in [0.25, 0.3) is 0 Å². The maximum atomic E-state index is 12.9. The molecule has 0 bridgehead atoms. The number of hydrogen-bond acceptors (Lipinski definition) is 10. The average Bonchev–Trinajstić information content (AvgIpc) is 3.35. The molecule has 3 unspecified atom stereocenters. The Labute approximate surface area is 427 Å². The SMILES string of the molecule is CC/C=C\C/C=C\C/C=C\C/C=C\CCCCC(=O)OCC(COP(=O)(O)OCC(CO)OC(=O)CCCCCCCCCCCCC)OC(=O)CCCCCCCCC/C=C\C/C=C\CCCCC. The van der Waals surface area contributed by atoms with Gasteiger partial charge in [0.05, 0.1) is 19.8 Å². The molecular weight excluding hydrogens is 904 g/mol. The van der Waals surface area contributed by atoms with Crippen molar-refractivity contribution in [1.29, 1.82) is 0 Å². The Balaban J connectivity index is 4.80. The molecule has 11 nitrogen and oxygen atoms in total. The number of aliphatic hydroxyl groups is 1. The number of allylic oxidation sites excluding steroid dienone is 12. The van der Waals surface area contributed by atoms with Crippen LogP contribution >= 0.6 is 7.82 Å². The van der Waals surface area contributed by atoms with E-state index in [4.69, 9.17) is 23.3 Å². The first-order chi connectivity index (χ1) is 34.2. The Morgan fingerprint density at radius 1 is 0.414 bits per heavy atom. The van der Waals surface area contributed by atoms with E-state index in [-0.39, 0.29) is 25.9 Å². The van der Waals surface area contributed by atoms with Gasteiger partial charge in [-0.3, -0.25) is 23.4 Å². The third-order valence-electron chi connectivity index (χ3n) is 11.6. The molecule has 0 saturated carbocycles. The van der Waals surface area contributed by atoms with Crippen LogP contribution in [0.1, 0.15) is 239 Å². The van der Waals surface area contributed by atoms with Crippen LogP contribution in [0.25, 0.3) is 0 Å². The number of carbonyl (C=O) groups excluding carboxylic acids is 3. The number of phosphoric ester groups is 1. The van der Waals surface area contributed by atoms with E-state index in [9.17, 15) is 28.9 Å². The molecule has 2 N–H and O–H groups in total. The van der Waals surface area contributed by atoms with Crippen LogP contribution in [0.15, 0.2) is 72.9 Å². The maximum Gasteiger partial charge on any atom is 0.472 e. The number of hydrogen-bond donors (Lipinski definition) is 2. The van der Waals surface area contributed by atoms with Crippen LogP contribution in [-0.2, 0) is 42.2 Å². The number of esters is 3. The molecule has 0 radical (unpaired) electrons. The Morgan fingerprint density at radius 2 is 0.743 bits per heavy atom. The van der Waals surface area contributed by atoms with E-state index >= 15 is 0 Å². The normalized spacial score (nSPS) is 14.0. The largest absolute Gasteiger partial charge is 0.472 e. The lowest BCUT2D eigenvalue weighted by Gasteiger charge is -2.21. The maximum absolute atomic E-state index is 12.9. The molecule has 404 valence electrons. The van der Waals surface area contributed by atoms with E-state index in [1.54, 1.807) is 0 Å². The summed E-state index contributed by atoms with van der Waals surface area (Å²) < 4.78 is 39.4. The van der Waals surface area contributed by atoms with Crippen molar-refractivity contribution in [3.05, 3.63) is 72.9 Å². The van der Waals surface area contributed by atoms with Crippen LogP contribution in [0.3, 0.4) is 0 Å². The molecule has 0 aromatic heterocycles. The van der Waals surface area contributed by atoms with E-state index < -0.39 is 57.8 Å². The second-order valence-corrected chi connectivity index (χ2v) is 19.8. The molecule has 0 aliphatic heterocycles. The fourth-order valence-corrected chi connectivity index (χ4v) is 8.16. The lowest BCUT2D eigenvalue weighted by atomic mass is 10.1. The van der Waals surface area contributed by atoms with Crippen LogP contribution < -0.4 is 0 Å². The predicted molar refractivity (Wildman–Crippen MR) is 288 cm³/mol. The second kappa shape index (κ2) is 52.2. The van der Waals surface area contributed by atoms with E-state index in [1.807, 2.05) is 0 Å². The van der Waals surface area contributed by atoms with Crippen LogP contribution in [0.2, 0.25) is 0 Å². The average molecular weight is 1010 g/mol. The Hall–Kier alpha value is -3.08. The summed E-state index contributed by atoms with van der Waals surface area (Å²) in [5, 5.41) is 9.78. The van der Waals surface area contributed by atoms with Crippen LogP contribution in [0.4, 0.5) is 0 Å². The molecule has 0 aromatic carbocycles. The third-order valence-corrected chi connectivity index (χ3v) is 12.6. The standard InChI is InChI=1S/C58H101O11P/c1-4-7-10-13-16-19-22-24-26-27-29-31-34-37-40-43-46-49-58(62)69-55(51-65-56(60)47-44-41-38-35-33-30-28-25-23-20-17-14-11-8-5-2)53-67-70(63,64)66-52-54(50-59)68-57(61)48-45-42-39-36-32-21-18-15-12-9-6-3/h8,11,16-17,19-20,24-26,28,33,35,54-55,59H,4-7,9-10,12-15,18,21-23,27,29-32,34,36-53H2,1-3H3,(H,63,64)/b11-8-,19-16-,20-17-,26-24-,28-25-,35-33-. The summed E-state index contributed by atoms with van der Waals surface area (Å²) in [4.78, 5) is 48.4. The molecule has 0 aliphatic carbocycles. The zero-order chi connectivity index (χ0) is 51.3. The minimum Gasteiger partial charge on any atom is -0.462 e. The minimum atomic E-state index is -4.75. The van der Waals surface area contributed by atoms with Crippen molar-refractivity contribution in [2.45, 2.75) is 251 Å². The quantitative estimate of drug-likeness (QED) is 0.0197. The Bertz CT molecular complexity index is 1450. The van der Waals surface area contributed by atoms with Gasteiger partial charge in [0, 0.05) is 19.3 Å². The highest BCUT2D eigenvalue weighted by Gasteiger charge is 2.28. The topological polar surface area (TPSA) is 155 Å². The summed E-state index contributed by atoms with van der Waals surface area (Å²) in [6, 6.07) is 0. The van der Waals surface area contributed by atoms with Gasteiger partial charge in [0.2, 0.25) is 0 Å². The van der Waals surface area contributed by atoms with Crippen molar-refractivity contribution in [2.24, 2.45) is 0 Å². The van der Waals surface area contributed by atoms with E-state index in [1.165, 1.54) is 83.5 Å². The smallest absolute Gasteiger partial charge is 0.462 e. The summed E-state index contributed by atoms with van der Waals surface area (Å²) >= 11 is 0. The fourth-order valence-electron chi connectivity index (χ4n) is 7.38. The molecule has 0 spiro atoms. The van der Waals surface area contributed by atoms with Crippen molar-refractivity contribution < 1.29 is 52.2 Å². The number of ether oxygens (including phenoxy) is 3. The van der Waals surface area contributed by atoms with Gasteiger partial charge in [0.15, 0.2) is 6.10 Å². The van der Waals surface area contributed by atoms with Gasteiger partial charge in [-0.05, 0) is 89.9 Å². The lowest BCUT2D eigenvalue weighted by Crippen LogP contribution is -2.30. The lowest BCUT2D eigenvalue weighted by molar-refractivity contribution is -0.161. The predicted octanol–water partition coefficient (Wildman–Crippen LogP) is 16.1. The van der Waals surface area contributed by atoms with Gasteiger partial charge in [-0.2, -0.15) is 0 Å². The highest BCUT2D eigenvalue weighted by Crippen LogP contribution is 2.43. The molecule has 0 fully saturated rings. The van der Waals surface area contributed by atoms with Gasteiger partial charge in [-0.15, -0.1) is 0 Å². The summed E-state index contributed by atoms with van der Waals surface area (Å²) in [5.74, 6) is -1.52. The molecule has 0 amide bonds. The van der Waals surface area contributed by atoms with Crippen LogP contribution in [0.5, 0.6) is 0 Å². The Morgan fingerprint density at radius 3 is 1.20 bits per heavy atom. The minimum absolute atomic E-state index is 0.148. The fraction of sp³-hybridized carbons (Fsp3) is 0.741. The van der Waals surface area contributed by atoms with Gasteiger partial charge in [-0.1, -0.05) is 203 Å². The molecule has 0 aromatic rings. The van der Waals surface area contributed by atoms with Crippen LogP contribution in [-0.4, -0.2) is 66.5 Å². The van der Waals surface area contributed by atoms with E-state index in [2.05, 4.69) is 93.7 Å². The number of unbranched alkanes of at least 4 members (excludes halogenated alkanes) is 22. The molecule has 0 heterocycles. The molecule has 12 heteroatoms. The van der Waals surface area contributed by atoms with E-state index in [0.717, 1.165) is 96.3 Å². The first kappa shape index (κ1) is 66.9. The van der Waals surface area contributed by atoms with Gasteiger partial charge < -0.3 is 24.2 Å². The highest BCUT2D eigenvalue weighted by molar-refractivity contribution is 7.47. The molecular formula is C58H101O11P. The summed E-state index contributed by atoms with van der Waals surface area (Å²) in [6.07, 6.45) is 57.2. The van der Waals surface area contributed by atoms with Gasteiger partial charge >= 0.3 is 25.7 Å². The molecule has 0 aliphatic rings. The zero-order valence-electron chi connectivity index (χ0n) is 44.5. The summed E-state index contributed by atoms with van der Waals surface area (Å²) in [5.41, 5.74) is 0. The molecule has 0 rings (SSSR count). The van der Waals surface area contributed by atoms with E-state index in [0.29, 0.717) is 19.3 Å². The number of aliphatic hydroxyl groups excluding tert-OH is 1. The first-order valence-corrected chi connectivity index (χ1v) is 29.3. The van der Waals surface area contributed by atoms with Crippen LogP contribution in [0, 0.1) is 0 Å².